The maximum absolute atomic E-state index is 12.7. The van der Waals surface area contributed by atoms with E-state index in [1.165, 1.54) is 4.90 Å². The van der Waals surface area contributed by atoms with Crippen LogP contribution < -0.4 is 5.73 Å². The first-order valence-corrected chi connectivity index (χ1v) is 8.46. The molecule has 1 fully saturated rings. The van der Waals surface area contributed by atoms with Crippen LogP contribution in [0.2, 0.25) is 0 Å². The second-order valence-electron chi connectivity index (χ2n) is 6.15. The van der Waals surface area contributed by atoms with Crippen molar-refractivity contribution in [3.63, 3.8) is 0 Å². The molecule has 1 atom stereocenters. The van der Waals surface area contributed by atoms with Gasteiger partial charge in [-0.2, -0.15) is 0 Å². The fraction of sp³-hybridized carbons (Fsp3) is 0.444. The average molecular weight is 363 g/mol. The molecule has 26 heavy (non-hydrogen) atoms. The minimum atomic E-state index is -1.41. The molecular formula is C18H22FN3O4. The number of carbonyl (C=O) groups is 4. The number of amides is 4. The van der Waals surface area contributed by atoms with Crippen molar-refractivity contribution in [3.05, 3.63) is 35.9 Å². The lowest BCUT2D eigenvalue weighted by Crippen LogP contribution is -2.52. The molecular weight excluding hydrogens is 341 g/mol. The molecule has 0 bridgehead atoms. The summed E-state index contributed by atoms with van der Waals surface area (Å²) in [5, 5.41) is 0. The first-order chi connectivity index (χ1) is 12.4. The lowest BCUT2D eigenvalue weighted by Gasteiger charge is -2.28. The number of hydrogen-bond donors (Lipinski definition) is 1. The van der Waals surface area contributed by atoms with E-state index in [0.717, 1.165) is 5.56 Å². The minimum Gasteiger partial charge on any atom is -0.368 e. The van der Waals surface area contributed by atoms with Crippen molar-refractivity contribution < 1.29 is 23.6 Å². The summed E-state index contributed by atoms with van der Waals surface area (Å²) in [6.45, 7) is -1.71. The molecule has 0 unspecified atom stereocenters. The summed E-state index contributed by atoms with van der Waals surface area (Å²) in [5.41, 5.74) is 6.05. The van der Waals surface area contributed by atoms with Gasteiger partial charge in [-0.25, -0.2) is 4.39 Å². The normalized spacial score (nSPS) is 16.3. The molecule has 1 aliphatic rings. The van der Waals surface area contributed by atoms with Crippen LogP contribution >= 0.6 is 0 Å². The number of nitrogens with two attached hydrogens (primary N) is 1. The molecule has 1 heterocycles. The molecule has 0 aliphatic carbocycles. The lowest BCUT2D eigenvalue weighted by molar-refractivity contribution is -0.153. The van der Waals surface area contributed by atoms with E-state index in [4.69, 9.17) is 5.73 Å². The van der Waals surface area contributed by atoms with E-state index in [0.29, 0.717) is 30.7 Å². The lowest BCUT2D eigenvalue weighted by atomic mass is 10.1. The molecule has 0 saturated carbocycles. The maximum Gasteiger partial charge on any atom is 0.261 e. The summed E-state index contributed by atoms with van der Waals surface area (Å²) < 4.78 is 12.7. The number of alkyl halides is 1. The summed E-state index contributed by atoms with van der Waals surface area (Å²) in [4.78, 5) is 49.8. The minimum absolute atomic E-state index is 0.212. The smallest absolute Gasteiger partial charge is 0.261 e. The number of likely N-dealkylation sites (tertiary alicyclic amines) is 1. The van der Waals surface area contributed by atoms with Crippen LogP contribution in [-0.2, 0) is 25.6 Å². The third-order valence-corrected chi connectivity index (χ3v) is 4.32. The van der Waals surface area contributed by atoms with Crippen LogP contribution in [0, 0.1) is 0 Å². The Hall–Kier alpha value is -2.77. The van der Waals surface area contributed by atoms with Crippen molar-refractivity contribution in [1.82, 2.24) is 9.80 Å². The highest BCUT2D eigenvalue weighted by atomic mass is 19.1. The molecule has 7 nitrogen and oxygen atoms in total. The van der Waals surface area contributed by atoms with Gasteiger partial charge in [-0.3, -0.25) is 24.1 Å². The first kappa shape index (κ1) is 19.6. The molecule has 1 aromatic carbocycles. The standard InChI is InChI=1S/C18H22FN3O4/c19-11-17(25)22(12-15(20)23)18(26)14-7-4-10-21(14)16(24)9-8-13-5-2-1-3-6-13/h1-3,5-6,14H,4,7-12H2,(H2,20,23)/t14-/m0/s1. The fourth-order valence-electron chi connectivity index (χ4n) is 3.06. The zero-order valence-corrected chi connectivity index (χ0v) is 14.4. The van der Waals surface area contributed by atoms with Crippen molar-refractivity contribution in [2.24, 2.45) is 5.73 Å². The molecule has 2 N–H and O–H groups in total. The van der Waals surface area contributed by atoms with Gasteiger partial charge in [-0.1, -0.05) is 30.3 Å². The zero-order valence-electron chi connectivity index (χ0n) is 14.4. The Kier molecular flexibility index (Phi) is 6.82. The number of primary amides is 1. The zero-order chi connectivity index (χ0) is 19.1. The Morgan fingerprint density at radius 3 is 2.50 bits per heavy atom. The molecule has 1 aromatic rings. The molecule has 0 spiro atoms. The summed E-state index contributed by atoms with van der Waals surface area (Å²) >= 11 is 0. The van der Waals surface area contributed by atoms with Gasteiger partial charge in [0.25, 0.3) is 11.8 Å². The summed E-state index contributed by atoms with van der Waals surface area (Å²) in [5.74, 6) is -3.01. The molecule has 4 amide bonds. The number of hydrogen-bond acceptors (Lipinski definition) is 4. The van der Waals surface area contributed by atoms with E-state index >= 15 is 0 Å². The molecule has 1 aliphatic heterocycles. The third-order valence-electron chi connectivity index (χ3n) is 4.32. The highest BCUT2D eigenvalue weighted by molar-refractivity contribution is 6.02. The van der Waals surface area contributed by atoms with Gasteiger partial charge in [0.05, 0.1) is 0 Å². The number of halogens is 1. The quantitative estimate of drug-likeness (QED) is 0.759. The topological polar surface area (TPSA) is 101 Å². The SMILES string of the molecule is NC(=O)CN(C(=O)CF)C(=O)[C@@H]1CCCN1C(=O)CCc1ccccc1. The van der Waals surface area contributed by atoms with E-state index < -0.39 is 37.0 Å². The highest BCUT2D eigenvalue weighted by Crippen LogP contribution is 2.21. The summed E-state index contributed by atoms with van der Waals surface area (Å²) in [7, 11) is 0. The Balaban J connectivity index is 2.04. The predicted molar refractivity (Wildman–Crippen MR) is 91.4 cm³/mol. The van der Waals surface area contributed by atoms with Gasteiger partial charge in [0.2, 0.25) is 11.8 Å². The Morgan fingerprint density at radius 1 is 1.19 bits per heavy atom. The van der Waals surface area contributed by atoms with Crippen molar-refractivity contribution >= 4 is 23.6 Å². The van der Waals surface area contributed by atoms with Gasteiger partial charge in [0.1, 0.15) is 12.6 Å². The van der Waals surface area contributed by atoms with Crippen LogP contribution in [-0.4, -0.2) is 59.2 Å². The van der Waals surface area contributed by atoms with Crippen molar-refractivity contribution in [3.8, 4) is 0 Å². The van der Waals surface area contributed by atoms with E-state index in [-0.39, 0.29) is 12.3 Å². The van der Waals surface area contributed by atoms with E-state index in [1.54, 1.807) is 0 Å². The largest absolute Gasteiger partial charge is 0.368 e. The molecule has 2 rings (SSSR count). The number of carbonyl (C=O) groups excluding carboxylic acids is 4. The predicted octanol–water partition coefficient (Wildman–Crippen LogP) is 0.420. The van der Waals surface area contributed by atoms with Gasteiger partial charge >= 0.3 is 0 Å². The second kappa shape index (κ2) is 9.07. The Morgan fingerprint density at radius 2 is 1.88 bits per heavy atom. The Bertz CT molecular complexity index is 680. The van der Waals surface area contributed by atoms with Crippen LogP contribution in [0.1, 0.15) is 24.8 Å². The fourth-order valence-corrected chi connectivity index (χ4v) is 3.06. The van der Waals surface area contributed by atoms with Crippen LogP contribution in [0.5, 0.6) is 0 Å². The first-order valence-electron chi connectivity index (χ1n) is 8.46. The molecule has 0 aromatic heterocycles. The van der Waals surface area contributed by atoms with Gasteiger partial charge in [-0.15, -0.1) is 0 Å². The second-order valence-corrected chi connectivity index (χ2v) is 6.15. The molecule has 0 radical (unpaired) electrons. The van der Waals surface area contributed by atoms with E-state index in [2.05, 4.69) is 0 Å². The van der Waals surface area contributed by atoms with Gasteiger partial charge in [-0.05, 0) is 24.8 Å². The van der Waals surface area contributed by atoms with Crippen LogP contribution in [0.15, 0.2) is 30.3 Å². The number of aryl methyl sites for hydroxylation is 1. The number of rotatable bonds is 7. The van der Waals surface area contributed by atoms with Crippen molar-refractivity contribution in [1.29, 1.82) is 0 Å². The van der Waals surface area contributed by atoms with E-state index in [9.17, 15) is 23.6 Å². The molecule has 8 heteroatoms. The Labute approximate surface area is 150 Å². The van der Waals surface area contributed by atoms with Gasteiger partial charge in [0.15, 0.2) is 6.67 Å². The number of nitrogens with zero attached hydrogens (tertiary/aromatic N) is 2. The van der Waals surface area contributed by atoms with E-state index in [1.807, 2.05) is 30.3 Å². The van der Waals surface area contributed by atoms with Gasteiger partial charge < -0.3 is 10.6 Å². The summed E-state index contributed by atoms with van der Waals surface area (Å²) in [6.07, 6.45) is 1.72. The monoisotopic (exact) mass is 363 g/mol. The molecule has 140 valence electrons. The average Bonchev–Trinajstić information content (AvgIpc) is 3.13. The van der Waals surface area contributed by atoms with Crippen LogP contribution in [0.25, 0.3) is 0 Å². The van der Waals surface area contributed by atoms with Crippen molar-refractivity contribution in [2.75, 3.05) is 19.8 Å². The number of imide groups is 1. The summed E-state index contributed by atoms with van der Waals surface area (Å²) in [6, 6.07) is 8.60. The number of benzene rings is 1. The van der Waals surface area contributed by atoms with Crippen molar-refractivity contribution in [2.45, 2.75) is 31.7 Å². The van der Waals surface area contributed by atoms with Crippen LogP contribution in [0.4, 0.5) is 4.39 Å². The maximum atomic E-state index is 12.7. The third kappa shape index (κ3) is 4.87. The molecule has 1 saturated heterocycles. The van der Waals surface area contributed by atoms with Crippen LogP contribution in [0.3, 0.4) is 0 Å². The van der Waals surface area contributed by atoms with Gasteiger partial charge in [0, 0.05) is 13.0 Å². The highest BCUT2D eigenvalue weighted by Gasteiger charge is 2.38.